The van der Waals surface area contributed by atoms with Crippen molar-refractivity contribution < 1.29 is 4.74 Å². The molecule has 5 heteroatoms. The lowest BCUT2D eigenvalue weighted by Gasteiger charge is -2.11. The monoisotopic (exact) mass is 261 g/mol. The third kappa shape index (κ3) is 2.29. The van der Waals surface area contributed by atoms with E-state index in [1.807, 2.05) is 33.0 Å². The van der Waals surface area contributed by atoms with Crippen LogP contribution in [-0.2, 0) is 18.4 Å². The SMILES string of the molecule is COCc1c(N)c(=O)n(-c2cc(C)cc(C)c2)n1C. The third-order valence-corrected chi connectivity index (χ3v) is 3.16. The van der Waals surface area contributed by atoms with Crippen LogP contribution in [0.3, 0.4) is 0 Å². The van der Waals surface area contributed by atoms with Crippen LogP contribution in [-0.4, -0.2) is 16.5 Å². The number of aromatic nitrogens is 2. The number of aryl methyl sites for hydroxylation is 2. The van der Waals surface area contributed by atoms with Crippen LogP contribution in [0.15, 0.2) is 23.0 Å². The molecule has 2 N–H and O–H groups in total. The smallest absolute Gasteiger partial charge is 0.294 e. The van der Waals surface area contributed by atoms with E-state index in [4.69, 9.17) is 10.5 Å². The molecule has 0 fully saturated rings. The summed E-state index contributed by atoms with van der Waals surface area (Å²) in [5.74, 6) is 0. The summed E-state index contributed by atoms with van der Waals surface area (Å²) in [4.78, 5) is 12.3. The molecule has 0 atom stereocenters. The summed E-state index contributed by atoms with van der Waals surface area (Å²) in [6.07, 6.45) is 0. The number of nitrogen functional groups attached to an aromatic ring is 1. The van der Waals surface area contributed by atoms with Crippen molar-refractivity contribution >= 4 is 5.69 Å². The highest BCUT2D eigenvalue weighted by Gasteiger charge is 2.16. The zero-order valence-corrected chi connectivity index (χ0v) is 11.7. The minimum absolute atomic E-state index is 0.209. The molecule has 0 saturated carbocycles. The highest BCUT2D eigenvalue weighted by Crippen LogP contribution is 2.16. The number of hydrogen-bond acceptors (Lipinski definition) is 3. The second-order valence-corrected chi connectivity index (χ2v) is 4.78. The number of nitrogens with two attached hydrogens (primary N) is 1. The molecule has 0 aliphatic rings. The van der Waals surface area contributed by atoms with E-state index in [2.05, 4.69) is 6.07 Å². The quantitative estimate of drug-likeness (QED) is 0.911. The predicted molar refractivity (Wildman–Crippen MR) is 75.6 cm³/mol. The van der Waals surface area contributed by atoms with Gasteiger partial charge in [0.2, 0.25) is 0 Å². The maximum absolute atomic E-state index is 12.3. The van der Waals surface area contributed by atoms with Gasteiger partial charge >= 0.3 is 0 Å². The summed E-state index contributed by atoms with van der Waals surface area (Å²) < 4.78 is 8.41. The van der Waals surface area contributed by atoms with Crippen molar-refractivity contribution in [3.63, 3.8) is 0 Å². The Hall–Kier alpha value is -2.01. The number of anilines is 1. The average molecular weight is 261 g/mol. The van der Waals surface area contributed by atoms with Crippen LogP contribution in [0.2, 0.25) is 0 Å². The zero-order chi connectivity index (χ0) is 14.2. The van der Waals surface area contributed by atoms with Crippen molar-refractivity contribution in [1.29, 1.82) is 0 Å². The van der Waals surface area contributed by atoms with Crippen LogP contribution in [0.5, 0.6) is 0 Å². The van der Waals surface area contributed by atoms with Crippen LogP contribution in [0.25, 0.3) is 5.69 Å². The van der Waals surface area contributed by atoms with Gasteiger partial charge in [-0.3, -0.25) is 9.48 Å². The van der Waals surface area contributed by atoms with Crippen molar-refractivity contribution in [3.8, 4) is 5.69 Å². The van der Waals surface area contributed by atoms with Crippen LogP contribution in [0.1, 0.15) is 16.8 Å². The molecule has 0 aliphatic carbocycles. The second-order valence-electron chi connectivity index (χ2n) is 4.78. The van der Waals surface area contributed by atoms with E-state index in [0.717, 1.165) is 16.8 Å². The molecule has 0 aliphatic heterocycles. The van der Waals surface area contributed by atoms with Crippen molar-refractivity contribution in [1.82, 2.24) is 9.36 Å². The van der Waals surface area contributed by atoms with Crippen LogP contribution >= 0.6 is 0 Å². The van der Waals surface area contributed by atoms with Crippen molar-refractivity contribution in [3.05, 3.63) is 45.4 Å². The first-order valence-electron chi connectivity index (χ1n) is 6.09. The van der Waals surface area contributed by atoms with Crippen molar-refractivity contribution in [2.24, 2.45) is 7.05 Å². The summed E-state index contributed by atoms with van der Waals surface area (Å²) in [5, 5.41) is 0. The van der Waals surface area contributed by atoms with Crippen LogP contribution in [0.4, 0.5) is 5.69 Å². The van der Waals surface area contributed by atoms with Gasteiger partial charge < -0.3 is 10.5 Å². The van der Waals surface area contributed by atoms with Crippen LogP contribution < -0.4 is 11.3 Å². The summed E-state index contributed by atoms with van der Waals surface area (Å²) in [7, 11) is 3.39. The van der Waals surface area contributed by atoms with Gasteiger partial charge in [-0.25, -0.2) is 4.68 Å². The van der Waals surface area contributed by atoms with Crippen LogP contribution in [0, 0.1) is 13.8 Å². The average Bonchev–Trinajstić information content (AvgIpc) is 2.52. The normalized spacial score (nSPS) is 10.9. The third-order valence-electron chi connectivity index (χ3n) is 3.16. The highest BCUT2D eigenvalue weighted by atomic mass is 16.5. The van der Waals surface area contributed by atoms with Crippen molar-refractivity contribution in [2.45, 2.75) is 20.5 Å². The molecule has 2 rings (SSSR count). The van der Waals surface area contributed by atoms with Gasteiger partial charge in [-0.15, -0.1) is 0 Å². The van der Waals surface area contributed by atoms with Gasteiger partial charge in [-0.05, 0) is 37.1 Å². The molecule has 0 spiro atoms. The van der Waals surface area contributed by atoms with Gasteiger partial charge in [0.05, 0.1) is 18.0 Å². The largest absolute Gasteiger partial charge is 0.393 e. The van der Waals surface area contributed by atoms with Gasteiger partial charge in [0.25, 0.3) is 5.56 Å². The Labute approximate surface area is 112 Å². The Morgan fingerprint density at radius 2 is 1.79 bits per heavy atom. The van der Waals surface area contributed by atoms with Gasteiger partial charge in [-0.1, -0.05) is 6.07 Å². The predicted octanol–water partition coefficient (Wildman–Crippen LogP) is 1.52. The van der Waals surface area contributed by atoms with Gasteiger partial charge in [0, 0.05) is 14.2 Å². The fraction of sp³-hybridized carbons (Fsp3) is 0.357. The first kappa shape index (κ1) is 13.4. The maximum Gasteiger partial charge on any atom is 0.294 e. The molecule has 1 heterocycles. The molecule has 0 radical (unpaired) electrons. The molecule has 1 aromatic heterocycles. The number of hydrogen-bond donors (Lipinski definition) is 1. The zero-order valence-electron chi connectivity index (χ0n) is 11.7. The molecule has 2 aromatic rings. The Morgan fingerprint density at radius 3 is 2.32 bits per heavy atom. The van der Waals surface area contributed by atoms with Crippen molar-refractivity contribution in [2.75, 3.05) is 12.8 Å². The van der Waals surface area contributed by atoms with E-state index in [1.165, 1.54) is 0 Å². The fourth-order valence-corrected chi connectivity index (χ4v) is 2.34. The minimum atomic E-state index is -0.209. The van der Waals surface area contributed by atoms with E-state index in [-0.39, 0.29) is 11.2 Å². The molecule has 0 unspecified atom stereocenters. The fourth-order valence-electron chi connectivity index (χ4n) is 2.34. The number of benzene rings is 1. The molecule has 0 amide bonds. The molecule has 0 bridgehead atoms. The summed E-state index contributed by atoms with van der Waals surface area (Å²) >= 11 is 0. The Morgan fingerprint density at radius 1 is 1.21 bits per heavy atom. The highest BCUT2D eigenvalue weighted by molar-refractivity contribution is 5.47. The summed E-state index contributed by atoms with van der Waals surface area (Å²) in [6, 6.07) is 5.99. The van der Waals surface area contributed by atoms with E-state index < -0.39 is 0 Å². The Balaban J connectivity index is 2.69. The molecular weight excluding hydrogens is 242 g/mol. The molecule has 102 valence electrons. The molecule has 5 nitrogen and oxygen atoms in total. The van der Waals surface area contributed by atoms with E-state index >= 15 is 0 Å². The van der Waals surface area contributed by atoms with E-state index in [0.29, 0.717) is 12.3 Å². The summed E-state index contributed by atoms with van der Waals surface area (Å²) in [6.45, 7) is 4.32. The van der Waals surface area contributed by atoms with Gasteiger partial charge in [0.1, 0.15) is 5.69 Å². The molecule has 1 aromatic carbocycles. The van der Waals surface area contributed by atoms with E-state index in [9.17, 15) is 4.79 Å². The number of rotatable bonds is 3. The lowest BCUT2D eigenvalue weighted by molar-refractivity contribution is 0.177. The molecule has 19 heavy (non-hydrogen) atoms. The number of ether oxygens (including phenoxy) is 1. The number of methoxy groups -OCH3 is 1. The standard InChI is InChI=1S/C14H19N3O2/c1-9-5-10(2)7-11(6-9)17-14(18)13(15)12(8-19-4)16(17)3/h5-7H,8,15H2,1-4H3. The number of nitrogens with zero attached hydrogens (tertiary/aromatic N) is 2. The van der Waals surface area contributed by atoms with Gasteiger partial charge in [0.15, 0.2) is 0 Å². The maximum atomic E-state index is 12.3. The van der Waals surface area contributed by atoms with E-state index in [1.54, 1.807) is 16.5 Å². The minimum Gasteiger partial charge on any atom is -0.393 e. The Bertz CT molecular complexity index is 648. The van der Waals surface area contributed by atoms with Gasteiger partial charge in [-0.2, -0.15) is 0 Å². The first-order valence-corrected chi connectivity index (χ1v) is 6.09. The topological polar surface area (TPSA) is 62.2 Å². The molecular formula is C14H19N3O2. The second kappa shape index (κ2) is 4.93. The lowest BCUT2D eigenvalue weighted by atomic mass is 10.1. The summed E-state index contributed by atoms with van der Waals surface area (Å²) in [5.41, 5.74) is 9.62. The Kier molecular flexibility index (Phi) is 3.48. The lowest BCUT2D eigenvalue weighted by Crippen LogP contribution is -2.21. The first-order chi connectivity index (χ1) is 8.95. The molecule has 0 saturated heterocycles.